The smallest absolute Gasteiger partial charge is 0.321 e. The van der Waals surface area contributed by atoms with Crippen LogP contribution in [0.3, 0.4) is 0 Å². The number of hydrogen-bond acceptors (Lipinski definition) is 7. The van der Waals surface area contributed by atoms with E-state index in [9.17, 15) is 18.0 Å². The Morgan fingerprint density at radius 3 is 2.15 bits per heavy atom. The Bertz CT molecular complexity index is 752. The average Bonchev–Trinajstić information content (AvgIpc) is 2.66. The van der Waals surface area contributed by atoms with Crippen LogP contribution in [-0.2, 0) is 29.1 Å². The van der Waals surface area contributed by atoms with Gasteiger partial charge in [-0.2, -0.15) is 4.31 Å². The predicted octanol–water partition coefficient (Wildman–Crippen LogP) is 1.73. The summed E-state index contributed by atoms with van der Waals surface area (Å²) in [7, 11) is -1.19. The minimum absolute atomic E-state index is 0.0781. The van der Waals surface area contributed by atoms with Gasteiger partial charge in [0.2, 0.25) is 10.0 Å². The van der Waals surface area contributed by atoms with Crippen LogP contribution in [0.15, 0.2) is 29.2 Å². The van der Waals surface area contributed by atoms with Crippen LogP contribution in [0.25, 0.3) is 0 Å². The molecular weight excluding hydrogens is 374 g/mol. The summed E-state index contributed by atoms with van der Waals surface area (Å²) in [5.41, 5.74) is 0. The molecule has 0 amide bonds. The number of benzene rings is 1. The lowest BCUT2D eigenvalue weighted by molar-refractivity contribution is -0.148. The number of ether oxygens (including phenoxy) is 3. The largest absolute Gasteiger partial charge is 0.497 e. The van der Waals surface area contributed by atoms with Crippen molar-refractivity contribution in [2.75, 3.05) is 20.8 Å². The lowest BCUT2D eigenvalue weighted by Crippen LogP contribution is -2.46. The molecule has 27 heavy (non-hydrogen) atoms. The monoisotopic (exact) mass is 399 g/mol. The standard InChI is InChI=1S/C18H25NO7S/c1-13(20)26-16-6-4-14(5-7-16)19(12-18(21)25-3)27(22,23)17-10-8-15(24-2)9-11-17/h8-11,14,16H,4-7,12H2,1-3H3. The van der Waals surface area contributed by atoms with Crippen LogP contribution < -0.4 is 4.74 Å². The number of rotatable bonds is 7. The third-order valence-corrected chi connectivity index (χ3v) is 6.47. The summed E-state index contributed by atoms with van der Waals surface area (Å²) in [5.74, 6) is -0.444. The molecule has 8 nitrogen and oxygen atoms in total. The summed E-state index contributed by atoms with van der Waals surface area (Å²) in [4.78, 5) is 23.0. The van der Waals surface area contributed by atoms with Crippen LogP contribution in [0.4, 0.5) is 0 Å². The van der Waals surface area contributed by atoms with E-state index in [1.807, 2.05) is 0 Å². The van der Waals surface area contributed by atoms with E-state index >= 15 is 0 Å². The number of carbonyl (C=O) groups excluding carboxylic acids is 2. The van der Waals surface area contributed by atoms with Gasteiger partial charge in [-0.25, -0.2) is 8.42 Å². The molecule has 0 N–H and O–H groups in total. The molecule has 1 aromatic carbocycles. The van der Waals surface area contributed by atoms with Crippen molar-refractivity contribution in [3.05, 3.63) is 24.3 Å². The zero-order chi connectivity index (χ0) is 20.0. The fourth-order valence-corrected chi connectivity index (χ4v) is 4.80. The van der Waals surface area contributed by atoms with Crippen molar-refractivity contribution in [2.45, 2.75) is 49.6 Å². The highest BCUT2D eigenvalue weighted by Crippen LogP contribution is 2.30. The summed E-state index contributed by atoms with van der Waals surface area (Å²) in [6.45, 7) is 0.984. The van der Waals surface area contributed by atoms with E-state index in [1.54, 1.807) is 12.1 Å². The zero-order valence-electron chi connectivity index (χ0n) is 15.7. The second-order valence-corrected chi connectivity index (χ2v) is 8.23. The Hall–Kier alpha value is -2.13. The normalized spacial score (nSPS) is 20.1. The van der Waals surface area contributed by atoms with Crippen LogP contribution in [0.1, 0.15) is 32.6 Å². The van der Waals surface area contributed by atoms with Gasteiger partial charge in [-0.3, -0.25) is 9.59 Å². The first-order chi connectivity index (χ1) is 12.8. The van der Waals surface area contributed by atoms with Gasteiger partial charge in [-0.05, 0) is 49.9 Å². The molecule has 9 heteroatoms. The van der Waals surface area contributed by atoms with E-state index in [0.29, 0.717) is 31.4 Å². The van der Waals surface area contributed by atoms with Crippen molar-refractivity contribution in [3.8, 4) is 5.75 Å². The molecule has 0 bridgehead atoms. The molecule has 0 aromatic heterocycles. The van der Waals surface area contributed by atoms with Crippen molar-refractivity contribution in [2.24, 2.45) is 0 Å². The van der Waals surface area contributed by atoms with Crippen LogP contribution in [0.5, 0.6) is 5.75 Å². The van der Waals surface area contributed by atoms with Crippen molar-refractivity contribution in [1.29, 1.82) is 0 Å². The number of esters is 2. The Labute approximate surface area is 159 Å². The van der Waals surface area contributed by atoms with E-state index in [0.717, 1.165) is 0 Å². The maximum absolute atomic E-state index is 13.1. The summed E-state index contributed by atoms with van der Waals surface area (Å²) >= 11 is 0. The topological polar surface area (TPSA) is 99.2 Å². The minimum Gasteiger partial charge on any atom is -0.497 e. The average molecular weight is 399 g/mol. The zero-order valence-corrected chi connectivity index (χ0v) is 16.5. The summed E-state index contributed by atoms with van der Waals surface area (Å²) in [5, 5.41) is 0. The third-order valence-electron chi connectivity index (χ3n) is 4.56. The predicted molar refractivity (Wildman–Crippen MR) is 96.7 cm³/mol. The summed E-state index contributed by atoms with van der Waals surface area (Å²) < 4.78 is 42.4. The fourth-order valence-electron chi connectivity index (χ4n) is 3.17. The number of sulfonamides is 1. The molecule has 1 aliphatic carbocycles. The van der Waals surface area contributed by atoms with Crippen molar-refractivity contribution < 1.29 is 32.2 Å². The van der Waals surface area contributed by atoms with E-state index in [1.165, 1.54) is 37.6 Å². The molecule has 0 heterocycles. The molecule has 0 atom stereocenters. The van der Waals surface area contributed by atoms with Gasteiger partial charge in [0.25, 0.3) is 0 Å². The quantitative estimate of drug-likeness (QED) is 0.644. The minimum atomic E-state index is -3.90. The van der Waals surface area contributed by atoms with Crippen molar-refractivity contribution >= 4 is 22.0 Å². The molecule has 0 radical (unpaired) electrons. The second-order valence-electron chi connectivity index (χ2n) is 6.34. The third kappa shape index (κ3) is 5.43. The Morgan fingerprint density at radius 2 is 1.67 bits per heavy atom. The Morgan fingerprint density at radius 1 is 1.07 bits per heavy atom. The molecule has 0 spiro atoms. The first kappa shape index (κ1) is 21.2. The van der Waals surface area contributed by atoms with Crippen molar-refractivity contribution in [3.63, 3.8) is 0 Å². The van der Waals surface area contributed by atoms with Gasteiger partial charge < -0.3 is 14.2 Å². The van der Waals surface area contributed by atoms with Crippen LogP contribution >= 0.6 is 0 Å². The van der Waals surface area contributed by atoms with Gasteiger partial charge in [0, 0.05) is 13.0 Å². The van der Waals surface area contributed by atoms with Gasteiger partial charge in [0.15, 0.2) is 0 Å². The summed E-state index contributed by atoms with van der Waals surface area (Å²) in [6.07, 6.45) is 1.84. The van der Waals surface area contributed by atoms with E-state index < -0.39 is 16.0 Å². The maximum Gasteiger partial charge on any atom is 0.321 e. The first-order valence-electron chi connectivity index (χ1n) is 8.68. The Balaban J connectivity index is 2.23. The van der Waals surface area contributed by atoms with Gasteiger partial charge in [-0.1, -0.05) is 0 Å². The highest BCUT2D eigenvalue weighted by molar-refractivity contribution is 7.89. The molecule has 0 saturated heterocycles. The molecule has 2 rings (SSSR count). The van der Waals surface area contributed by atoms with Crippen LogP contribution in [0, 0.1) is 0 Å². The van der Waals surface area contributed by atoms with Crippen LogP contribution in [-0.4, -0.2) is 57.6 Å². The molecule has 1 fully saturated rings. The van der Waals surface area contributed by atoms with E-state index in [4.69, 9.17) is 9.47 Å². The number of methoxy groups -OCH3 is 2. The van der Waals surface area contributed by atoms with Crippen molar-refractivity contribution in [1.82, 2.24) is 4.31 Å². The molecule has 0 unspecified atom stereocenters. The Kier molecular flexibility index (Phi) is 7.20. The number of hydrogen-bond donors (Lipinski definition) is 0. The number of carbonyl (C=O) groups is 2. The molecule has 1 saturated carbocycles. The first-order valence-corrected chi connectivity index (χ1v) is 10.1. The van der Waals surface area contributed by atoms with Crippen LogP contribution in [0.2, 0.25) is 0 Å². The van der Waals surface area contributed by atoms with Gasteiger partial charge >= 0.3 is 11.9 Å². The van der Waals surface area contributed by atoms with E-state index in [-0.39, 0.29) is 29.6 Å². The number of nitrogens with zero attached hydrogens (tertiary/aromatic N) is 1. The fraction of sp³-hybridized carbons (Fsp3) is 0.556. The molecule has 1 aromatic rings. The molecule has 150 valence electrons. The summed E-state index contributed by atoms with van der Waals surface area (Å²) in [6, 6.07) is 5.64. The maximum atomic E-state index is 13.1. The molecule has 0 aliphatic heterocycles. The lowest BCUT2D eigenvalue weighted by Gasteiger charge is -2.35. The second kappa shape index (κ2) is 9.18. The highest BCUT2D eigenvalue weighted by atomic mass is 32.2. The lowest BCUT2D eigenvalue weighted by atomic mass is 9.93. The molecular formula is C18H25NO7S. The highest BCUT2D eigenvalue weighted by Gasteiger charge is 2.36. The SMILES string of the molecule is COC(=O)CN(C1CCC(OC(C)=O)CC1)S(=O)(=O)c1ccc(OC)cc1. The van der Waals surface area contributed by atoms with Gasteiger partial charge in [0.1, 0.15) is 18.4 Å². The van der Waals surface area contributed by atoms with Gasteiger partial charge in [-0.15, -0.1) is 0 Å². The van der Waals surface area contributed by atoms with Gasteiger partial charge in [0.05, 0.1) is 19.1 Å². The van der Waals surface area contributed by atoms with E-state index in [2.05, 4.69) is 4.74 Å². The molecule has 1 aliphatic rings.